The van der Waals surface area contributed by atoms with Crippen LogP contribution >= 0.6 is 0 Å². The molecule has 3 atom stereocenters. The molecule has 1 aliphatic rings. The van der Waals surface area contributed by atoms with Crippen molar-refractivity contribution in [2.75, 3.05) is 13.1 Å². The molecule has 0 aliphatic heterocycles. The predicted octanol–water partition coefficient (Wildman–Crippen LogP) is 3.66. The number of carbonyl (C=O) groups excluding carboxylic acids is 2. The number of fused-ring (bicyclic) bond motifs is 1. The van der Waals surface area contributed by atoms with E-state index in [0.29, 0.717) is 35.1 Å². The van der Waals surface area contributed by atoms with Crippen molar-refractivity contribution in [2.24, 2.45) is 22.7 Å². The number of aliphatic hydroxyl groups is 1. The summed E-state index contributed by atoms with van der Waals surface area (Å²) in [6, 6.07) is 5.28. The topological polar surface area (TPSA) is 95.7 Å². The second-order valence-electron chi connectivity index (χ2n) is 11.0. The fourth-order valence-electron chi connectivity index (χ4n) is 4.42. The summed E-state index contributed by atoms with van der Waals surface area (Å²) in [7, 11) is 0. The molecule has 3 rings (SSSR count). The average Bonchev–Trinajstić information content (AvgIpc) is 3.16. The van der Waals surface area contributed by atoms with Crippen molar-refractivity contribution in [3.05, 3.63) is 35.8 Å². The van der Waals surface area contributed by atoms with Crippen molar-refractivity contribution >= 4 is 17.5 Å². The second kappa shape index (κ2) is 9.22. The molecule has 0 aromatic carbocycles. The number of nitrogens with zero attached hydrogens (tertiary/aromatic N) is 2. The number of amides is 2. The first-order valence-corrected chi connectivity index (χ1v) is 11.6. The number of nitrogens with one attached hydrogen (secondary N) is 2. The maximum atomic E-state index is 13.0. The quantitative estimate of drug-likeness (QED) is 0.636. The molecular formula is C25H38N4O3. The van der Waals surface area contributed by atoms with Gasteiger partial charge in [-0.1, -0.05) is 54.0 Å². The molecule has 1 fully saturated rings. The summed E-state index contributed by atoms with van der Waals surface area (Å²) in [6.07, 6.45) is 4.46. The summed E-state index contributed by atoms with van der Waals surface area (Å²) in [6.45, 7) is 13.4. The van der Waals surface area contributed by atoms with Gasteiger partial charge in [-0.3, -0.25) is 14.0 Å². The van der Waals surface area contributed by atoms with Gasteiger partial charge in [-0.15, -0.1) is 0 Å². The smallest absolute Gasteiger partial charge is 0.271 e. The van der Waals surface area contributed by atoms with Crippen molar-refractivity contribution in [3.63, 3.8) is 0 Å². The highest BCUT2D eigenvalue weighted by atomic mass is 16.3. The summed E-state index contributed by atoms with van der Waals surface area (Å²) >= 11 is 0. The van der Waals surface area contributed by atoms with Gasteiger partial charge in [0.05, 0.1) is 6.10 Å². The van der Waals surface area contributed by atoms with E-state index in [2.05, 4.69) is 36.4 Å². The minimum atomic E-state index is -0.669. The number of hydrogen-bond donors (Lipinski definition) is 3. The second-order valence-corrected chi connectivity index (χ2v) is 11.0. The van der Waals surface area contributed by atoms with Gasteiger partial charge in [0.1, 0.15) is 17.0 Å². The number of hydrogen-bond acceptors (Lipinski definition) is 4. The molecule has 0 radical (unpaired) electrons. The molecule has 32 heavy (non-hydrogen) atoms. The van der Waals surface area contributed by atoms with Crippen molar-refractivity contribution < 1.29 is 14.7 Å². The predicted molar refractivity (Wildman–Crippen MR) is 126 cm³/mol. The Hall–Kier alpha value is -2.41. The highest BCUT2D eigenvalue weighted by Crippen LogP contribution is 2.43. The van der Waals surface area contributed by atoms with Gasteiger partial charge >= 0.3 is 0 Å². The number of aliphatic hydroxyl groups excluding tert-OH is 1. The summed E-state index contributed by atoms with van der Waals surface area (Å²) in [5, 5.41) is 16.0. The van der Waals surface area contributed by atoms with Gasteiger partial charge in [-0.2, -0.15) is 0 Å². The third-order valence-electron chi connectivity index (χ3n) is 7.27. The summed E-state index contributed by atoms with van der Waals surface area (Å²) in [5.41, 5.74) is 1.16. The van der Waals surface area contributed by atoms with E-state index in [9.17, 15) is 14.7 Å². The van der Waals surface area contributed by atoms with Gasteiger partial charge in [-0.05, 0) is 47.6 Å². The first-order chi connectivity index (χ1) is 14.9. The molecule has 2 heterocycles. The van der Waals surface area contributed by atoms with Gasteiger partial charge in [-0.25, -0.2) is 4.98 Å². The molecule has 0 spiro atoms. The van der Waals surface area contributed by atoms with E-state index < -0.39 is 6.10 Å². The molecule has 1 aliphatic carbocycles. The van der Waals surface area contributed by atoms with Crippen molar-refractivity contribution in [2.45, 2.75) is 66.9 Å². The van der Waals surface area contributed by atoms with Crippen molar-refractivity contribution in [1.29, 1.82) is 0 Å². The van der Waals surface area contributed by atoms with Crippen LogP contribution in [0.15, 0.2) is 24.4 Å². The zero-order valence-electron chi connectivity index (χ0n) is 20.2. The van der Waals surface area contributed by atoms with Crippen LogP contribution in [0.4, 0.5) is 0 Å². The lowest BCUT2D eigenvalue weighted by molar-refractivity contribution is 0.0585. The monoisotopic (exact) mass is 442 g/mol. The van der Waals surface area contributed by atoms with Crippen LogP contribution in [0.2, 0.25) is 0 Å². The van der Waals surface area contributed by atoms with E-state index >= 15 is 0 Å². The van der Waals surface area contributed by atoms with Crippen LogP contribution in [0.5, 0.6) is 0 Å². The Balaban J connectivity index is 1.69. The Bertz CT molecular complexity index is 973. The zero-order chi connectivity index (χ0) is 23.7. The third-order valence-corrected chi connectivity index (χ3v) is 7.27. The lowest BCUT2D eigenvalue weighted by Gasteiger charge is -2.42. The summed E-state index contributed by atoms with van der Waals surface area (Å²) in [4.78, 5) is 29.9. The number of aromatic nitrogens is 2. The largest absolute Gasteiger partial charge is 0.391 e. The highest BCUT2D eigenvalue weighted by molar-refractivity contribution is 5.95. The van der Waals surface area contributed by atoms with Gasteiger partial charge in [0.25, 0.3) is 11.8 Å². The fourth-order valence-corrected chi connectivity index (χ4v) is 4.42. The molecule has 0 bridgehead atoms. The Labute approximate surface area is 191 Å². The Kier molecular flexibility index (Phi) is 6.98. The molecule has 7 nitrogen and oxygen atoms in total. The van der Waals surface area contributed by atoms with Crippen LogP contribution in [-0.4, -0.2) is 45.5 Å². The maximum absolute atomic E-state index is 13.0. The first-order valence-electron chi connectivity index (χ1n) is 11.6. The van der Waals surface area contributed by atoms with Crippen LogP contribution in [-0.2, 0) is 0 Å². The van der Waals surface area contributed by atoms with E-state index in [-0.39, 0.29) is 29.5 Å². The molecule has 0 saturated heterocycles. The van der Waals surface area contributed by atoms with Gasteiger partial charge in [0, 0.05) is 19.3 Å². The van der Waals surface area contributed by atoms with Crippen molar-refractivity contribution in [1.82, 2.24) is 20.0 Å². The van der Waals surface area contributed by atoms with E-state index in [4.69, 9.17) is 0 Å². The minimum absolute atomic E-state index is 0.138. The third kappa shape index (κ3) is 5.31. The zero-order valence-corrected chi connectivity index (χ0v) is 20.2. The number of rotatable bonds is 6. The lowest BCUT2D eigenvalue weighted by atomic mass is 9.64. The molecule has 176 valence electrons. The molecule has 7 heteroatoms. The lowest BCUT2D eigenvalue weighted by Crippen LogP contribution is -2.40. The molecular weight excluding hydrogens is 404 g/mol. The molecule has 1 saturated carbocycles. The summed E-state index contributed by atoms with van der Waals surface area (Å²) < 4.78 is 1.65. The molecule has 2 aromatic heterocycles. The van der Waals surface area contributed by atoms with Crippen LogP contribution in [0, 0.1) is 22.7 Å². The van der Waals surface area contributed by atoms with Crippen LogP contribution in [0.3, 0.4) is 0 Å². The van der Waals surface area contributed by atoms with Crippen molar-refractivity contribution in [3.8, 4) is 0 Å². The van der Waals surface area contributed by atoms with Crippen LogP contribution in [0.1, 0.15) is 81.8 Å². The fraction of sp³-hybridized carbons (Fsp3) is 0.640. The van der Waals surface area contributed by atoms with Gasteiger partial charge in [0.15, 0.2) is 0 Å². The normalized spacial score (nSPS) is 21.8. The molecule has 3 N–H and O–H groups in total. The van der Waals surface area contributed by atoms with Crippen LogP contribution < -0.4 is 10.6 Å². The number of pyridine rings is 1. The standard InChI is InChI=1S/C25H38N4O3/c1-16-17(9-8-12-25(16,5)6)13-26-23(32)19-10-7-11-21-28-18(15-29(19)21)22(31)27-14-20(30)24(2,3)4/h7,10-11,15-17,20,30H,8-9,12-14H2,1-6H3,(H,26,32)(H,27,31). The van der Waals surface area contributed by atoms with Gasteiger partial charge < -0.3 is 15.7 Å². The minimum Gasteiger partial charge on any atom is -0.391 e. The first kappa shape index (κ1) is 24.2. The van der Waals surface area contributed by atoms with E-state index in [0.717, 1.165) is 6.42 Å². The van der Waals surface area contributed by atoms with E-state index in [1.54, 1.807) is 28.8 Å². The van der Waals surface area contributed by atoms with E-state index in [1.807, 2.05) is 20.8 Å². The van der Waals surface area contributed by atoms with Crippen LogP contribution in [0.25, 0.3) is 5.65 Å². The molecule has 2 amide bonds. The summed E-state index contributed by atoms with van der Waals surface area (Å²) in [5.74, 6) is 0.458. The highest BCUT2D eigenvalue weighted by Gasteiger charge is 2.35. The average molecular weight is 443 g/mol. The van der Waals surface area contributed by atoms with E-state index in [1.165, 1.54) is 12.8 Å². The Morgan fingerprint density at radius 2 is 1.97 bits per heavy atom. The van der Waals surface area contributed by atoms with Gasteiger partial charge in [0.2, 0.25) is 0 Å². The number of carbonyl (C=O) groups is 2. The number of imidazole rings is 1. The maximum Gasteiger partial charge on any atom is 0.271 e. The Morgan fingerprint density at radius 3 is 2.66 bits per heavy atom. The molecule has 3 unspecified atom stereocenters. The SMILES string of the molecule is CC1C(CNC(=O)c2cccc3nc(C(=O)NCC(O)C(C)(C)C)cn23)CCCC1(C)C. The molecule has 2 aromatic rings. The Morgan fingerprint density at radius 1 is 1.25 bits per heavy atom.